The van der Waals surface area contributed by atoms with Gasteiger partial charge >= 0.3 is 0 Å². The maximum Gasteiger partial charge on any atom is 0.0628 e. The molecule has 3 heteroatoms. The highest BCUT2D eigenvalue weighted by atomic mass is 15.3. The van der Waals surface area contributed by atoms with Gasteiger partial charge in [-0.1, -0.05) is 26.7 Å². The Hall–Kier alpha value is -0.830. The van der Waals surface area contributed by atoms with Crippen molar-refractivity contribution in [1.29, 1.82) is 0 Å². The van der Waals surface area contributed by atoms with E-state index in [0.29, 0.717) is 0 Å². The van der Waals surface area contributed by atoms with Crippen LogP contribution in [0, 0.1) is 19.8 Å². The zero-order chi connectivity index (χ0) is 13.0. The van der Waals surface area contributed by atoms with Gasteiger partial charge in [0.15, 0.2) is 0 Å². The van der Waals surface area contributed by atoms with Crippen LogP contribution >= 0.6 is 0 Å². The lowest BCUT2D eigenvalue weighted by Gasteiger charge is -2.17. The minimum atomic E-state index is 0.262. The summed E-state index contributed by atoms with van der Waals surface area (Å²) in [4.78, 5) is 0. The normalized spacial score (nSPS) is 14.9. The number of rotatable bonds is 6. The van der Waals surface area contributed by atoms with Crippen molar-refractivity contribution in [3.05, 3.63) is 17.0 Å². The molecular weight excluding hydrogens is 210 g/mol. The van der Waals surface area contributed by atoms with E-state index in [1.54, 1.807) is 0 Å². The molecule has 0 saturated carbocycles. The van der Waals surface area contributed by atoms with Gasteiger partial charge in [-0.3, -0.25) is 4.68 Å². The Morgan fingerprint density at radius 3 is 2.47 bits per heavy atom. The topological polar surface area (TPSA) is 43.8 Å². The molecule has 0 radical (unpaired) electrons. The molecule has 1 aromatic heterocycles. The summed E-state index contributed by atoms with van der Waals surface area (Å²) < 4.78 is 1.95. The summed E-state index contributed by atoms with van der Waals surface area (Å²) >= 11 is 0. The fraction of sp³-hybridized carbons (Fsp3) is 0.786. The van der Waals surface area contributed by atoms with Crippen LogP contribution in [-0.4, -0.2) is 15.8 Å². The first-order valence-corrected chi connectivity index (χ1v) is 6.70. The zero-order valence-corrected chi connectivity index (χ0v) is 12.0. The third-order valence-corrected chi connectivity index (χ3v) is 3.61. The first kappa shape index (κ1) is 14.2. The van der Waals surface area contributed by atoms with E-state index in [1.165, 1.54) is 24.1 Å². The first-order valence-electron chi connectivity index (χ1n) is 6.70. The molecule has 0 saturated heterocycles. The smallest absolute Gasteiger partial charge is 0.0628 e. The van der Waals surface area contributed by atoms with Gasteiger partial charge in [0.05, 0.1) is 5.69 Å². The van der Waals surface area contributed by atoms with Crippen LogP contribution in [0.25, 0.3) is 0 Å². The SMILES string of the molecule is CCCC(C)CC(N)Cc1c(C)nn(C)c1C. The average Bonchev–Trinajstić information content (AvgIpc) is 2.45. The maximum atomic E-state index is 6.25. The summed E-state index contributed by atoms with van der Waals surface area (Å²) in [6.07, 6.45) is 4.60. The molecule has 2 atom stereocenters. The molecule has 98 valence electrons. The standard InChI is InChI=1S/C14H27N3/c1-6-7-10(2)8-13(15)9-14-11(3)16-17(5)12(14)4/h10,13H,6-9,15H2,1-5H3. The molecule has 2 N–H and O–H groups in total. The van der Waals surface area contributed by atoms with Crippen LogP contribution < -0.4 is 5.73 Å². The van der Waals surface area contributed by atoms with Crippen molar-refractivity contribution in [3.63, 3.8) is 0 Å². The second kappa shape index (κ2) is 6.20. The van der Waals surface area contributed by atoms with Gasteiger partial charge in [0.25, 0.3) is 0 Å². The first-order chi connectivity index (χ1) is 7.95. The Bertz CT molecular complexity index is 355. The van der Waals surface area contributed by atoms with Gasteiger partial charge in [0, 0.05) is 18.8 Å². The molecule has 0 aliphatic rings. The minimum absolute atomic E-state index is 0.262. The second-order valence-corrected chi connectivity index (χ2v) is 5.37. The Labute approximate surface area is 105 Å². The summed E-state index contributed by atoms with van der Waals surface area (Å²) in [6.45, 7) is 8.73. The number of hydrogen-bond acceptors (Lipinski definition) is 2. The van der Waals surface area contributed by atoms with Gasteiger partial charge in [-0.2, -0.15) is 5.10 Å². The number of nitrogens with two attached hydrogens (primary N) is 1. The quantitative estimate of drug-likeness (QED) is 0.826. The molecule has 3 nitrogen and oxygen atoms in total. The molecule has 0 aromatic carbocycles. The van der Waals surface area contributed by atoms with Crippen LogP contribution in [0.4, 0.5) is 0 Å². The molecule has 0 spiro atoms. The third kappa shape index (κ3) is 3.84. The van der Waals surface area contributed by atoms with Gasteiger partial charge in [-0.15, -0.1) is 0 Å². The molecule has 1 heterocycles. The Morgan fingerprint density at radius 2 is 2.00 bits per heavy atom. The molecule has 0 aliphatic carbocycles. The van der Waals surface area contributed by atoms with E-state index in [9.17, 15) is 0 Å². The van der Waals surface area contributed by atoms with E-state index in [1.807, 2.05) is 11.7 Å². The van der Waals surface area contributed by atoms with Crippen molar-refractivity contribution in [3.8, 4) is 0 Å². The predicted molar refractivity (Wildman–Crippen MR) is 73.1 cm³/mol. The lowest BCUT2D eigenvalue weighted by molar-refractivity contribution is 0.431. The largest absolute Gasteiger partial charge is 0.327 e. The van der Waals surface area contributed by atoms with Crippen LogP contribution in [-0.2, 0) is 13.5 Å². The molecule has 2 unspecified atom stereocenters. The van der Waals surface area contributed by atoms with E-state index >= 15 is 0 Å². The summed E-state index contributed by atoms with van der Waals surface area (Å²) in [7, 11) is 2.00. The molecule has 0 fully saturated rings. The molecule has 1 aromatic rings. The summed E-state index contributed by atoms with van der Waals surface area (Å²) in [5, 5.41) is 4.44. The fourth-order valence-corrected chi connectivity index (χ4v) is 2.59. The van der Waals surface area contributed by atoms with Crippen molar-refractivity contribution >= 4 is 0 Å². The van der Waals surface area contributed by atoms with Crippen LogP contribution in [0.1, 0.15) is 50.1 Å². The summed E-state index contributed by atoms with van der Waals surface area (Å²) in [5.74, 6) is 0.729. The van der Waals surface area contributed by atoms with Gasteiger partial charge in [-0.05, 0) is 38.2 Å². The minimum Gasteiger partial charge on any atom is -0.327 e. The van der Waals surface area contributed by atoms with Gasteiger partial charge in [0.1, 0.15) is 0 Å². The van der Waals surface area contributed by atoms with E-state index in [4.69, 9.17) is 5.73 Å². The van der Waals surface area contributed by atoms with Gasteiger partial charge in [-0.25, -0.2) is 0 Å². The van der Waals surface area contributed by atoms with Crippen molar-refractivity contribution in [2.75, 3.05) is 0 Å². The van der Waals surface area contributed by atoms with Gasteiger partial charge in [0.2, 0.25) is 0 Å². The molecule has 0 bridgehead atoms. The fourth-order valence-electron chi connectivity index (χ4n) is 2.59. The lowest BCUT2D eigenvalue weighted by Crippen LogP contribution is -2.26. The number of aromatic nitrogens is 2. The maximum absolute atomic E-state index is 6.25. The van der Waals surface area contributed by atoms with Crippen LogP contribution in [0.3, 0.4) is 0 Å². The summed E-state index contributed by atoms with van der Waals surface area (Å²) in [6, 6.07) is 0.262. The third-order valence-electron chi connectivity index (χ3n) is 3.61. The van der Waals surface area contributed by atoms with E-state index < -0.39 is 0 Å². The summed E-state index contributed by atoms with van der Waals surface area (Å²) in [5.41, 5.74) is 9.96. The Balaban J connectivity index is 2.58. The molecule has 1 rings (SSSR count). The number of nitrogens with zero attached hydrogens (tertiary/aromatic N) is 2. The monoisotopic (exact) mass is 237 g/mol. The molecular formula is C14H27N3. The van der Waals surface area contributed by atoms with E-state index in [-0.39, 0.29) is 6.04 Å². The highest BCUT2D eigenvalue weighted by Gasteiger charge is 2.15. The Morgan fingerprint density at radius 1 is 1.35 bits per heavy atom. The Kier molecular flexibility index (Phi) is 5.19. The molecule has 17 heavy (non-hydrogen) atoms. The number of hydrogen-bond donors (Lipinski definition) is 1. The average molecular weight is 237 g/mol. The molecule has 0 amide bonds. The lowest BCUT2D eigenvalue weighted by atomic mass is 9.93. The van der Waals surface area contributed by atoms with Crippen LogP contribution in [0.15, 0.2) is 0 Å². The second-order valence-electron chi connectivity index (χ2n) is 5.37. The van der Waals surface area contributed by atoms with Crippen molar-refractivity contribution < 1.29 is 0 Å². The highest BCUT2D eigenvalue weighted by Crippen LogP contribution is 2.18. The highest BCUT2D eigenvalue weighted by molar-refractivity contribution is 5.25. The van der Waals surface area contributed by atoms with Crippen LogP contribution in [0.2, 0.25) is 0 Å². The zero-order valence-electron chi connectivity index (χ0n) is 12.0. The molecule has 0 aliphatic heterocycles. The van der Waals surface area contributed by atoms with Crippen molar-refractivity contribution in [2.45, 2.75) is 59.4 Å². The predicted octanol–water partition coefficient (Wildman–Crippen LogP) is 2.73. The van der Waals surface area contributed by atoms with Crippen LogP contribution in [0.5, 0.6) is 0 Å². The van der Waals surface area contributed by atoms with Gasteiger partial charge < -0.3 is 5.73 Å². The number of aryl methyl sites for hydroxylation is 2. The van der Waals surface area contributed by atoms with Crippen molar-refractivity contribution in [1.82, 2.24) is 9.78 Å². The van der Waals surface area contributed by atoms with E-state index in [2.05, 4.69) is 32.8 Å². The van der Waals surface area contributed by atoms with E-state index in [0.717, 1.165) is 24.5 Å². The van der Waals surface area contributed by atoms with Crippen molar-refractivity contribution in [2.24, 2.45) is 18.7 Å².